The zero-order valence-electron chi connectivity index (χ0n) is 14.4. The lowest BCUT2D eigenvalue weighted by Gasteiger charge is -2.07. The van der Waals surface area contributed by atoms with Gasteiger partial charge in [0, 0.05) is 26.5 Å². The van der Waals surface area contributed by atoms with E-state index in [4.69, 9.17) is 16.6 Å². The highest BCUT2D eigenvalue weighted by Gasteiger charge is 2.04. The molecule has 0 aliphatic heterocycles. The normalized spacial score (nSPS) is 11.8. The third-order valence-corrected chi connectivity index (χ3v) is 5.23. The van der Waals surface area contributed by atoms with Gasteiger partial charge in [0.05, 0.1) is 5.36 Å². The summed E-state index contributed by atoms with van der Waals surface area (Å²) in [6.07, 6.45) is 1.07. The van der Waals surface area contributed by atoms with E-state index in [0.717, 1.165) is 29.9 Å². The van der Waals surface area contributed by atoms with Gasteiger partial charge >= 0.3 is 0 Å². The highest BCUT2D eigenvalue weighted by molar-refractivity contribution is 7.21. The largest absolute Gasteiger partial charge is 0.309 e. The minimum absolute atomic E-state index is 0. The van der Waals surface area contributed by atoms with Gasteiger partial charge in [-0.2, -0.15) is 0 Å². The number of halogens is 2. The van der Waals surface area contributed by atoms with Gasteiger partial charge in [0.15, 0.2) is 0 Å². The summed E-state index contributed by atoms with van der Waals surface area (Å²) < 4.78 is 1.26. The second kappa shape index (κ2) is 9.35. The molecular weight excluding hydrogens is 371 g/mol. The van der Waals surface area contributed by atoms with E-state index in [9.17, 15) is 0 Å². The van der Waals surface area contributed by atoms with Gasteiger partial charge in [-0.05, 0) is 56.9 Å². The Bertz CT molecular complexity index is 886. The van der Waals surface area contributed by atoms with Gasteiger partial charge in [0.1, 0.15) is 0 Å². The molecule has 1 aromatic heterocycles. The quantitative estimate of drug-likeness (QED) is 0.523. The van der Waals surface area contributed by atoms with Crippen LogP contribution in [-0.4, -0.2) is 32.1 Å². The Kier molecular flexibility index (Phi) is 7.45. The molecule has 3 rings (SSSR count). The van der Waals surface area contributed by atoms with Crippen molar-refractivity contribution in [2.24, 2.45) is 4.99 Å². The van der Waals surface area contributed by atoms with E-state index in [1.165, 1.54) is 20.5 Å². The Balaban J connectivity index is 0.00000225. The van der Waals surface area contributed by atoms with Gasteiger partial charge < -0.3 is 4.90 Å². The van der Waals surface area contributed by atoms with Crippen LogP contribution in [0, 0.1) is 0 Å². The zero-order valence-corrected chi connectivity index (χ0v) is 16.8. The van der Waals surface area contributed by atoms with Crippen LogP contribution in [0.2, 0.25) is 5.02 Å². The van der Waals surface area contributed by atoms with E-state index in [1.54, 1.807) is 11.3 Å². The molecule has 0 atom stereocenters. The number of rotatable bonds is 5. The van der Waals surface area contributed by atoms with Gasteiger partial charge in [-0.3, -0.25) is 4.99 Å². The van der Waals surface area contributed by atoms with Crippen LogP contribution in [-0.2, 0) is 0 Å². The van der Waals surface area contributed by atoms with Crippen molar-refractivity contribution < 1.29 is 0 Å². The second-order valence-corrected chi connectivity index (χ2v) is 7.56. The van der Waals surface area contributed by atoms with Crippen LogP contribution in [0.3, 0.4) is 0 Å². The average Bonchev–Trinajstić information content (AvgIpc) is 2.59. The van der Waals surface area contributed by atoms with E-state index in [1.807, 2.05) is 12.1 Å². The lowest BCUT2D eigenvalue weighted by atomic mass is 10.1. The topological polar surface area (TPSA) is 15.6 Å². The fourth-order valence-electron chi connectivity index (χ4n) is 2.59. The molecule has 0 saturated carbocycles. The van der Waals surface area contributed by atoms with Crippen LogP contribution in [0.5, 0.6) is 0 Å². The summed E-state index contributed by atoms with van der Waals surface area (Å²) in [5.74, 6) is 0. The predicted molar refractivity (Wildman–Crippen MR) is 113 cm³/mol. The van der Waals surface area contributed by atoms with Crippen molar-refractivity contribution in [1.29, 1.82) is 0 Å². The molecular formula is C20H22Cl2N2S. The summed E-state index contributed by atoms with van der Waals surface area (Å²) in [5.41, 5.74) is 1.18. The van der Waals surface area contributed by atoms with Crippen molar-refractivity contribution in [2.75, 3.05) is 27.2 Å². The van der Waals surface area contributed by atoms with E-state index in [2.05, 4.69) is 61.5 Å². The first-order valence-electron chi connectivity index (χ1n) is 8.07. The van der Waals surface area contributed by atoms with Gasteiger partial charge in [0.25, 0.3) is 0 Å². The molecule has 0 radical (unpaired) electrons. The molecule has 3 aromatic rings. The molecule has 0 spiro atoms. The van der Waals surface area contributed by atoms with Crippen LogP contribution in [0.25, 0.3) is 20.5 Å². The van der Waals surface area contributed by atoms with Crippen LogP contribution in [0.15, 0.2) is 59.6 Å². The van der Waals surface area contributed by atoms with Crippen molar-refractivity contribution in [1.82, 2.24) is 4.90 Å². The molecule has 0 aliphatic carbocycles. The summed E-state index contributed by atoms with van der Waals surface area (Å²) in [4.78, 5) is 8.28. The molecule has 2 nitrogen and oxygen atoms in total. The molecule has 25 heavy (non-hydrogen) atoms. The van der Waals surface area contributed by atoms with Crippen molar-refractivity contribution in [2.45, 2.75) is 6.42 Å². The van der Waals surface area contributed by atoms with Crippen LogP contribution in [0.4, 0.5) is 0 Å². The van der Waals surface area contributed by atoms with Crippen molar-refractivity contribution in [3.8, 4) is 10.4 Å². The summed E-state index contributed by atoms with van der Waals surface area (Å²) in [6, 6.07) is 18.7. The summed E-state index contributed by atoms with van der Waals surface area (Å²) in [5, 5.41) is 3.07. The molecule has 0 fully saturated rings. The molecule has 132 valence electrons. The van der Waals surface area contributed by atoms with Crippen molar-refractivity contribution >= 4 is 45.4 Å². The number of hydrogen-bond acceptors (Lipinski definition) is 3. The Hall–Kier alpha value is -1.39. The van der Waals surface area contributed by atoms with Gasteiger partial charge in [-0.15, -0.1) is 23.7 Å². The standard InChI is InChI=1S/C20H21ClN2S.ClH/c1-23(2)13-5-12-22-18-14-20(15-8-10-16(21)11-9-15)24-19-7-4-3-6-17(18)19;/h3-4,6-11,14H,5,12-13H2,1-2H3;1H. The van der Waals surface area contributed by atoms with E-state index in [-0.39, 0.29) is 12.4 Å². The molecule has 0 N–H and O–H groups in total. The maximum Gasteiger partial charge on any atom is 0.0675 e. The molecule has 0 unspecified atom stereocenters. The number of benzene rings is 2. The Morgan fingerprint density at radius 3 is 2.48 bits per heavy atom. The lowest BCUT2D eigenvalue weighted by Crippen LogP contribution is -2.14. The lowest BCUT2D eigenvalue weighted by molar-refractivity contribution is 0.403. The van der Waals surface area contributed by atoms with Gasteiger partial charge in [-0.1, -0.05) is 41.9 Å². The third-order valence-electron chi connectivity index (χ3n) is 3.83. The molecule has 5 heteroatoms. The Morgan fingerprint density at radius 1 is 1.04 bits per heavy atom. The van der Waals surface area contributed by atoms with Crippen molar-refractivity contribution in [3.63, 3.8) is 0 Å². The second-order valence-electron chi connectivity index (χ2n) is 6.04. The smallest absolute Gasteiger partial charge is 0.0675 e. The highest BCUT2D eigenvalue weighted by atomic mass is 35.5. The fourth-order valence-corrected chi connectivity index (χ4v) is 3.81. The zero-order chi connectivity index (χ0) is 16.9. The molecule has 0 amide bonds. The van der Waals surface area contributed by atoms with Crippen LogP contribution in [0.1, 0.15) is 6.42 Å². The first-order valence-corrected chi connectivity index (χ1v) is 9.27. The summed E-state index contributed by atoms with van der Waals surface area (Å²) >= 11 is 7.81. The summed E-state index contributed by atoms with van der Waals surface area (Å²) in [6.45, 7) is 1.90. The monoisotopic (exact) mass is 392 g/mol. The van der Waals surface area contributed by atoms with Gasteiger partial charge in [0.2, 0.25) is 0 Å². The Labute approximate surface area is 164 Å². The molecule has 0 bridgehead atoms. The van der Waals surface area contributed by atoms with E-state index in [0.29, 0.717) is 0 Å². The average molecular weight is 393 g/mol. The highest BCUT2D eigenvalue weighted by Crippen LogP contribution is 2.28. The maximum atomic E-state index is 6.02. The van der Waals surface area contributed by atoms with Crippen LogP contribution >= 0.6 is 35.3 Å². The minimum Gasteiger partial charge on any atom is -0.309 e. The molecule has 0 saturated heterocycles. The third kappa shape index (κ3) is 5.29. The Morgan fingerprint density at radius 2 is 1.76 bits per heavy atom. The SMILES string of the molecule is CN(C)CCCN=c1cc(-c2ccc(Cl)cc2)sc2ccccc12.Cl. The number of fused-ring (bicyclic) bond motifs is 1. The minimum atomic E-state index is 0. The summed E-state index contributed by atoms with van der Waals surface area (Å²) in [7, 11) is 4.19. The van der Waals surface area contributed by atoms with E-state index >= 15 is 0 Å². The first kappa shape index (κ1) is 19.9. The number of nitrogens with zero attached hydrogens (tertiary/aromatic N) is 2. The van der Waals surface area contributed by atoms with E-state index < -0.39 is 0 Å². The first-order chi connectivity index (χ1) is 11.6. The molecule has 1 heterocycles. The maximum absolute atomic E-state index is 6.02. The van der Waals surface area contributed by atoms with Gasteiger partial charge in [-0.25, -0.2) is 0 Å². The van der Waals surface area contributed by atoms with Crippen LogP contribution < -0.4 is 5.36 Å². The molecule has 2 aromatic carbocycles. The predicted octanol–water partition coefficient (Wildman–Crippen LogP) is 5.50. The number of hydrogen-bond donors (Lipinski definition) is 0. The molecule has 0 aliphatic rings. The fraction of sp³-hybridized carbons (Fsp3) is 0.250. The van der Waals surface area contributed by atoms with Crippen molar-refractivity contribution in [3.05, 3.63) is 65.0 Å².